The molecule has 2 aliphatic carbocycles. The second-order valence-electron chi connectivity index (χ2n) is 9.93. The first-order valence-electron chi connectivity index (χ1n) is 12.4. The maximum atomic E-state index is 15.2. The van der Waals surface area contributed by atoms with E-state index in [1.54, 1.807) is 6.07 Å². The Morgan fingerprint density at radius 3 is 2.25 bits per heavy atom. The van der Waals surface area contributed by atoms with Crippen molar-refractivity contribution in [1.82, 2.24) is 0 Å². The predicted molar refractivity (Wildman–Crippen MR) is 131 cm³/mol. The minimum atomic E-state index is -0.698. The van der Waals surface area contributed by atoms with Gasteiger partial charge in [-0.05, 0) is 98.1 Å². The fourth-order valence-electron chi connectivity index (χ4n) is 6.11. The van der Waals surface area contributed by atoms with E-state index >= 15 is 8.78 Å². The van der Waals surface area contributed by atoms with Gasteiger partial charge < -0.3 is 0 Å². The SMILES string of the molecule is C=CCCc1ccc(-c2ccc(C3CCC4CC(CCC=C)CCC4C3)c(F)c2F)cc1. The lowest BCUT2D eigenvalue weighted by atomic mass is 9.63. The molecule has 2 aliphatic rings. The van der Waals surface area contributed by atoms with Crippen LogP contribution in [0.2, 0.25) is 0 Å². The van der Waals surface area contributed by atoms with E-state index in [0.29, 0.717) is 17.0 Å². The van der Waals surface area contributed by atoms with Gasteiger partial charge in [0.25, 0.3) is 0 Å². The van der Waals surface area contributed by atoms with Gasteiger partial charge in [0.15, 0.2) is 11.6 Å². The van der Waals surface area contributed by atoms with Crippen molar-refractivity contribution >= 4 is 0 Å². The molecule has 4 atom stereocenters. The predicted octanol–water partition coefficient (Wildman–Crippen LogP) is 9.02. The van der Waals surface area contributed by atoms with Gasteiger partial charge in [0, 0.05) is 5.56 Å². The van der Waals surface area contributed by atoms with Crippen LogP contribution in [0.1, 0.15) is 74.8 Å². The third-order valence-corrected chi connectivity index (χ3v) is 7.95. The van der Waals surface area contributed by atoms with E-state index in [1.165, 1.54) is 31.2 Å². The number of halogens is 2. The van der Waals surface area contributed by atoms with Crippen LogP contribution in [0.5, 0.6) is 0 Å². The van der Waals surface area contributed by atoms with Crippen LogP contribution in [-0.2, 0) is 6.42 Å². The van der Waals surface area contributed by atoms with E-state index in [9.17, 15) is 0 Å². The minimum absolute atomic E-state index is 0.144. The standard InChI is InChI=1S/C30H36F2/c1-3-5-7-21-9-12-23(13-10-21)27-17-18-28(30(32)29(27)31)26-16-15-24-19-22(8-6-4-2)11-14-25(24)20-26/h3-4,9-10,12-13,17-18,22,24-26H,1-2,5-8,11,14-16,19-20H2. The molecular weight excluding hydrogens is 398 g/mol. The highest BCUT2D eigenvalue weighted by atomic mass is 19.2. The van der Waals surface area contributed by atoms with Crippen LogP contribution >= 0.6 is 0 Å². The van der Waals surface area contributed by atoms with Crippen LogP contribution in [0.25, 0.3) is 11.1 Å². The van der Waals surface area contributed by atoms with Crippen molar-refractivity contribution in [2.24, 2.45) is 17.8 Å². The molecule has 4 rings (SSSR count). The zero-order chi connectivity index (χ0) is 22.5. The molecule has 2 heteroatoms. The lowest BCUT2D eigenvalue weighted by Gasteiger charge is -2.42. The summed E-state index contributed by atoms with van der Waals surface area (Å²) in [4.78, 5) is 0. The van der Waals surface area contributed by atoms with Gasteiger partial charge in [-0.15, -0.1) is 13.2 Å². The van der Waals surface area contributed by atoms with Crippen LogP contribution in [0.3, 0.4) is 0 Å². The molecule has 2 fully saturated rings. The summed E-state index contributed by atoms with van der Waals surface area (Å²) in [5.41, 5.74) is 2.86. The molecule has 0 bridgehead atoms. The Labute approximate surface area is 192 Å². The summed E-state index contributed by atoms with van der Waals surface area (Å²) >= 11 is 0. The summed E-state index contributed by atoms with van der Waals surface area (Å²) in [6, 6.07) is 11.4. The Hall–Kier alpha value is -2.22. The summed E-state index contributed by atoms with van der Waals surface area (Å²) in [6.45, 7) is 7.61. The molecule has 0 aromatic heterocycles. The van der Waals surface area contributed by atoms with E-state index in [1.807, 2.05) is 42.5 Å². The zero-order valence-corrected chi connectivity index (χ0v) is 19.2. The van der Waals surface area contributed by atoms with Gasteiger partial charge in [-0.2, -0.15) is 0 Å². The maximum Gasteiger partial charge on any atom is 0.166 e. The quantitative estimate of drug-likeness (QED) is 0.364. The Morgan fingerprint density at radius 1 is 0.781 bits per heavy atom. The summed E-state index contributed by atoms with van der Waals surface area (Å²) in [7, 11) is 0. The molecule has 32 heavy (non-hydrogen) atoms. The molecule has 2 aromatic carbocycles. The van der Waals surface area contributed by atoms with Crippen LogP contribution in [0.15, 0.2) is 61.7 Å². The van der Waals surface area contributed by atoms with Gasteiger partial charge in [0.1, 0.15) is 0 Å². The molecule has 170 valence electrons. The van der Waals surface area contributed by atoms with Gasteiger partial charge in [0.2, 0.25) is 0 Å². The Morgan fingerprint density at radius 2 is 1.50 bits per heavy atom. The molecule has 0 heterocycles. The van der Waals surface area contributed by atoms with Crippen molar-refractivity contribution < 1.29 is 8.78 Å². The third kappa shape index (κ3) is 5.05. The van der Waals surface area contributed by atoms with Gasteiger partial charge in [-0.25, -0.2) is 8.78 Å². The molecular formula is C30H36F2. The minimum Gasteiger partial charge on any atom is -0.203 e. The Kier molecular flexibility index (Phi) is 7.60. The summed E-state index contributed by atoms with van der Waals surface area (Å²) < 4.78 is 30.3. The lowest BCUT2D eigenvalue weighted by molar-refractivity contribution is 0.114. The van der Waals surface area contributed by atoms with Crippen molar-refractivity contribution in [3.8, 4) is 11.1 Å². The van der Waals surface area contributed by atoms with Crippen LogP contribution < -0.4 is 0 Å². The molecule has 0 aliphatic heterocycles. The van der Waals surface area contributed by atoms with Crippen molar-refractivity contribution in [3.63, 3.8) is 0 Å². The number of hydrogen-bond donors (Lipinski definition) is 0. The van der Waals surface area contributed by atoms with Crippen LogP contribution in [0.4, 0.5) is 8.78 Å². The molecule has 0 radical (unpaired) electrons. The molecule has 2 aromatic rings. The van der Waals surface area contributed by atoms with Crippen LogP contribution in [0, 0.1) is 29.4 Å². The van der Waals surface area contributed by atoms with Gasteiger partial charge in [0.05, 0.1) is 0 Å². The lowest BCUT2D eigenvalue weighted by Crippen LogP contribution is -2.30. The van der Waals surface area contributed by atoms with Crippen molar-refractivity contribution in [3.05, 3.63) is 84.5 Å². The van der Waals surface area contributed by atoms with E-state index in [4.69, 9.17) is 0 Å². The fraction of sp³-hybridized carbons (Fsp3) is 0.467. The van der Waals surface area contributed by atoms with Gasteiger partial charge in [-0.3, -0.25) is 0 Å². The van der Waals surface area contributed by atoms with Crippen molar-refractivity contribution in [2.75, 3.05) is 0 Å². The monoisotopic (exact) mass is 434 g/mol. The van der Waals surface area contributed by atoms with E-state index in [2.05, 4.69) is 13.2 Å². The number of rotatable bonds is 8. The van der Waals surface area contributed by atoms with Crippen molar-refractivity contribution in [2.45, 2.75) is 70.1 Å². The van der Waals surface area contributed by atoms with Crippen LogP contribution in [-0.4, -0.2) is 0 Å². The number of fused-ring (bicyclic) bond motifs is 1. The highest BCUT2D eigenvalue weighted by Crippen LogP contribution is 2.49. The average molecular weight is 435 g/mol. The first kappa shape index (κ1) is 23.0. The summed E-state index contributed by atoms with van der Waals surface area (Å²) in [6.07, 6.45) is 15.1. The first-order chi connectivity index (χ1) is 15.6. The summed E-state index contributed by atoms with van der Waals surface area (Å²) in [5, 5.41) is 0. The van der Waals surface area contributed by atoms with E-state index < -0.39 is 11.6 Å². The number of benzene rings is 2. The number of allylic oxidation sites excluding steroid dienone is 2. The second kappa shape index (κ2) is 10.6. The second-order valence-corrected chi connectivity index (χ2v) is 9.93. The topological polar surface area (TPSA) is 0 Å². The largest absolute Gasteiger partial charge is 0.203 e. The Bertz CT molecular complexity index is 927. The number of aryl methyl sites for hydroxylation is 1. The highest BCUT2D eigenvalue weighted by molar-refractivity contribution is 5.65. The summed E-state index contributed by atoms with van der Waals surface area (Å²) in [5.74, 6) is 1.06. The molecule has 0 nitrogen and oxygen atoms in total. The molecule has 0 N–H and O–H groups in total. The zero-order valence-electron chi connectivity index (χ0n) is 19.2. The average Bonchev–Trinajstić information content (AvgIpc) is 2.83. The highest BCUT2D eigenvalue weighted by Gasteiger charge is 2.36. The van der Waals surface area contributed by atoms with E-state index in [-0.39, 0.29) is 5.92 Å². The molecule has 0 saturated heterocycles. The molecule has 4 unspecified atom stereocenters. The first-order valence-corrected chi connectivity index (χ1v) is 12.4. The van der Waals surface area contributed by atoms with Gasteiger partial charge in [-0.1, -0.05) is 55.0 Å². The van der Waals surface area contributed by atoms with Gasteiger partial charge >= 0.3 is 0 Å². The van der Waals surface area contributed by atoms with E-state index in [0.717, 1.165) is 55.9 Å². The Balaban J connectivity index is 1.45. The third-order valence-electron chi connectivity index (χ3n) is 7.95. The fourth-order valence-corrected chi connectivity index (χ4v) is 6.11. The van der Waals surface area contributed by atoms with Crippen molar-refractivity contribution in [1.29, 1.82) is 0 Å². The normalized spacial score (nSPS) is 25.2. The molecule has 0 amide bonds. The molecule has 0 spiro atoms. The molecule has 2 saturated carbocycles. The maximum absolute atomic E-state index is 15.2. The number of hydrogen-bond acceptors (Lipinski definition) is 0. The smallest absolute Gasteiger partial charge is 0.166 e.